The van der Waals surface area contributed by atoms with E-state index in [1.165, 1.54) is 0 Å². The lowest BCUT2D eigenvalue weighted by Gasteiger charge is -2.37. The highest BCUT2D eigenvalue weighted by Crippen LogP contribution is 2.46. The molecule has 1 heterocycles. The molecule has 0 amide bonds. The number of hydrogen-bond acceptors (Lipinski definition) is 2. The fourth-order valence-electron chi connectivity index (χ4n) is 1.88. The SMILES string of the molecule is CC(C)(C)[C@@H]1CN[P@](=O)(c2ccccc2)OC1. The van der Waals surface area contributed by atoms with E-state index in [0.29, 0.717) is 12.5 Å². The van der Waals surface area contributed by atoms with Crippen molar-refractivity contribution < 1.29 is 9.09 Å². The summed E-state index contributed by atoms with van der Waals surface area (Å²) in [6.45, 7) is 7.85. The fraction of sp³-hybridized carbons (Fsp3) is 0.538. The van der Waals surface area contributed by atoms with Gasteiger partial charge in [-0.15, -0.1) is 0 Å². The minimum Gasteiger partial charge on any atom is -0.314 e. The van der Waals surface area contributed by atoms with Gasteiger partial charge in [-0.2, -0.15) is 0 Å². The Bertz CT molecular complexity index is 413. The molecule has 0 spiro atoms. The van der Waals surface area contributed by atoms with Crippen LogP contribution in [0.15, 0.2) is 30.3 Å². The number of rotatable bonds is 1. The molecule has 17 heavy (non-hydrogen) atoms. The molecule has 1 aromatic rings. The predicted octanol–water partition coefficient (Wildman–Crippen LogP) is 2.79. The summed E-state index contributed by atoms with van der Waals surface area (Å²) in [6.07, 6.45) is 0. The molecule has 1 N–H and O–H groups in total. The van der Waals surface area contributed by atoms with E-state index in [0.717, 1.165) is 11.8 Å². The first kappa shape index (κ1) is 12.8. The van der Waals surface area contributed by atoms with E-state index in [-0.39, 0.29) is 5.41 Å². The number of nitrogens with one attached hydrogen (secondary N) is 1. The Labute approximate surface area is 103 Å². The summed E-state index contributed by atoms with van der Waals surface area (Å²) in [5, 5.41) is 3.86. The van der Waals surface area contributed by atoms with Crippen molar-refractivity contribution in [1.29, 1.82) is 0 Å². The highest BCUT2D eigenvalue weighted by atomic mass is 31.2. The monoisotopic (exact) mass is 253 g/mol. The van der Waals surface area contributed by atoms with E-state index < -0.39 is 7.52 Å². The summed E-state index contributed by atoms with van der Waals surface area (Å²) in [6, 6.07) is 9.39. The minimum absolute atomic E-state index is 0.176. The number of benzene rings is 1. The molecule has 94 valence electrons. The van der Waals surface area contributed by atoms with E-state index in [4.69, 9.17) is 4.52 Å². The zero-order valence-electron chi connectivity index (χ0n) is 10.6. The second-order valence-electron chi connectivity index (χ2n) is 5.61. The Kier molecular flexibility index (Phi) is 3.44. The molecular weight excluding hydrogens is 233 g/mol. The van der Waals surface area contributed by atoms with Gasteiger partial charge >= 0.3 is 0 Å². The second-order valence-corrected chi connectivity index (χ2v) is 7.80. The molecule has 0 aromatic heterocycles. The molecule has 4 heteroatoms. The molecule has 0 saturated carbocycles. The molecule has 1 aliphatic rings. The molecule has 0 unspecified atom stereocenters. The van der Waals surface area contributed by atoms with Crippen LogP contribution >= 0.6 is 7.52 Å². The summed E-state index contributed by atoms with van der Waals surface area (Å²) in [4.78, 5) is 0. The van der Waals surface area contributed by atoms with Gasteiger partial charge in [0.2, 0.25) is 0 Å². The minimum atomic E-state index is -2.82. The summed E-state index contributed by atoms with van der Waals surface area (Å²) in [5.74, 6) is 0.397. The lowest BCUT2D eigenvalue weighted by Crippen LogP contribution is -2.40. The van der Waals surface area contributed by atoms with Crippen LogP contribution in [0, 0.1) is 11.3 Å². The molecule has 0 radical (unpaired) electrons. The van der Waals surface area contributed by atoms with Gasteiger partial charge < -0.3 is 4.52 Å². The summed E-state index contributed by atoms with van der Waals surface area (Å²) in [7, 11) is -2.82. The van der Waals surface area contributed by atoms with Crippen LogP contribution in [0.3, 0.4) is 0 Å². The molecule has 1 saturated heterocycles. The molecule has 0 bridgehead atoms. The third kappa shape index (κ3) is 2.79. The van der Waals surface area contributed by atoms with Crippen molar-refractivity contribution in [2.24, 2.45) is 11.3 Å². The van der Waals surface area contributed by atoms with Gasteiger partial charge in [-0.3, -0.25) is 4.57 Å². The third-order valence-corrected chi connectivity index (χ3v) is 5.41. The van der Waals surface area contributed by atoms with Gasteiger partial charge in [0, 0.05) is 12.5 Å². The van der Waals surface area contributed by atoms with Crippen LogP contribution in [0.2, 0.25) is 0 Å². The lowest BCUT2D eigenvalue weighted by atomic mass is 9.81. The molecular formula is C13H20NO2P. The third-order valence-electron chi connectivity index (χ3n) is 3.32. The van der Waals surface area contributed by atoms with Crippen molar-refractivity contribution in [3.05, 3.63) is 30.3 Å². The van der Waals surface area contributed by atoms with Gasteiger partial charge in [-0.1, -0.05) is 39.0 Å². The largest absolute Gasteiger partial charge is 0.314 e. The zero-order valence-corrected chi connectivity index (χ0v) is 11.5. The first-order chi connectivity index (χ1) is 7.92. The first-order valence-electron chi connectivity index (χ1n) is 5.97. The average Bonchev–Trinajstić information content (AvgIpc) is 2.29. The van der Waals surface area contributed by atoms with Gasteiger partial charge in [-0.25, -0.2) is 5.09 Å². The van der Waals surface area contributed by atoms with E-state index in [1.807, 2.05) is 30.3 Å². The summed E-state index contributed by atoms with van der Waals surface area (Å²) in [5.41, 5.74) is 0.176. The van der Waals surface area contributed by atoms with E-state index in [1.54, 1.807) is 0 Å². The van der Waals surface area contributed by atoms with Gasteiger partial charge in [0.1, 0.15) is 0 Å². The van der Waals surface area contributed by atoms with Crippen molar-refractivity contribution in [3.63, 3.8) is 0 Å². The highest BCUT2D eigenvalue weighted by Gasteiger charge is 2.36. The van der Waals surface area contributed by atoms with Crippen molar-refractivity contribution in [3.8, 4) is 0 Å². The maximum atomic E-state index is 12.6. The Morgan fingerprint density at radius 1 is 1.29 bits per heavy atom. The van der Waals surface area contributed by atoms with Gasteiger partial charge in [0.25, 0.3) is 7.52 Å². The molecule has 2 atom stereocenters. The summed E-state index contributed by atoms with van der Waals surface area (Å²) < 4.78 is 18.2. The van der Waals surface area contributed by atoms with Crippen LogP contribution in [-0.2, 0) is 9.09 Å². The maximum Gasteiger partial charge on any atom is 0.299 e. The van der Waals surface area contributed by atoms with Gasteiger partial charge in [-0.05, 0) is 17.5 Å². The Morgan fingerprint density at radius 3 is 2.41 bits per heavy atom. The fourth-order valence-corrected chi connectivity index (χ4v) is 3.71. The van der Waals surface area contributed by atoms with Crippen molar-refractivity contribution in [1.82, 2.24) is 5.09 Å². The van der Waals surface area contributed by atoms with Crippen LogP contribution in [0.1, 0.15) is 20.8 Å². The van der Waals surface area contributed by atoms with Crippen molar-refractivity contribution >= 4 is 12.8 Å². The Hall–Kier alpha value is -0.630. The standard InChI is InChI=1S/C13H20NO2P/c1-13(2,3)11-9-14-17(15,16-10-11)12-7-5-4-6-8-12/h4-8,11H,9-10H2,1-3H3,(H,14,15)/t11-,17+/m1/s1. The average molecular weight is 253 g/mol. The lowest BCUT2D eigenvalue weighted by molar-refractivity contribution is 0.130. The normalized spacial score (nSPS) is 30.2. The van der Waals surface area contributed by atoms with E-state index >= 15 is 0 Å². The van der Waals surface area contributed by atoms with Crippen LogP contribution in [0.5, 0.6) is 0 Å². The van der Waals surface area contributed by atoms with Crippen LogP contribution < -0.4 is 10.4 Å². The molecule has 0 aliphatic carbocycles. The van der Waals surface area contributed by atoms with Crippen LogP contribution in [-0.4, -0.2) is 13.2 Å². The second kappa shape index (κ2) is 4.56. The van der Waals surface area contributed by atoms with Crippen molar-refractivity contribution in [2.75, 3.05) is 13.2 Å². The van der Waals surface area contributed by atoms with Gasteiger partial charge in [0.15, 0.2) is 0 Å². The molecule has 1 aromatic carbocycles. The molecule has 1 fully saturated rings. The van der Waals surface area contributed by atoms with E-state index in [2.05, 4.69) is 25.9 Å². The zero-order chi connectivity index (χ0) is 12.5. The first-order valence-corrected chi connectivity index (χ1v) is 7.60. The number of hydrogen-bond donors (Lipinski definition) is 1. The maximum absolute atomic E-state index is 12.6. The predicted molar refractivity (Wildman–Crippen MR) is 70.6 cm³/mol. The van der Waals surface area contributed by atoms with Crippen LogP contribution in [0.4, 0.5) is 0 Å². The molecule has 1 aliphatic heterocycles. The smallest absolute Gasteiger partial charge is 0.299 e. The quantitative estimate of drug-likeness (QED) is 0.782. The van der Waals surface area contributed by atoms with Crippen LogP contribution in [0.25, 0.3) is 0 Å². The molecule has 3 nitrogen and oxygen atoms in total. The topological polar surface area (TPSA) is 38.3 Å². The highest BCUT2D eigenvalue weighted by molar-refractivity contribution is 7.65. The molecule has 2 rings (SSSR count). The Balaban J connectivity index is 2.11. The Morgan fingerprint density at radius 2 is 1.94 bits per heavy atom. The van der Waals surface area contributed by atoms with E-state index in [9.17, 15) is 4.57 Å². The summed E-state index contributed by atoms with van der Waals surface area (Å²) >= 11 is 0. The van der Waals surface area contributed by atoms with Gasteiger partial charge in [0.05, 0.1) is 11.9 Å². The van der Waals surface area contributed by atoms with Crippen molar-refractivity contribution in [2.45, 2.75) is 20.8 Å².